The smallest absolute Gasteiger partial charge is 0.225 e. The molecular weight excluding hydrogens is 288 g/mol. The largest absolute Gasteiger partial charge is 0.349 e. The van der Waals surface area contributed by atoms with Crippen molar-refractivity contribution in [1.82, 2.24) is 10.2 Å². The maximum atomic E-state index is 12.5. The standard InChI is InChI=1S/C19H26N2O2/c1-14(15-8-4-2-5-9-15)20-19(23)16-12-18(22)21(13-16)17-10-6-3-7-11-17/h2,4-5,8-9,14,16-17H,3,6-7,10-13H2,1H3,(H,20,23)/t14-,16-/m1/s1. The highest BCUT2D eigenvalue weighted by atomic mass is 16.2. The highest BCUT2D eigenvalue weighted by Gasteiger charge is 2.38. The summed E-state index contributed by atoms with van der Waals surface area (Å²) in [5.74, 6) is -0.0342. The third-order valence-electron chi connectivity index (χ3n) is 5.20. The van der Waals surface area contributed by atoms with Crippen LogP contribution in [0.1, 0.15) is 57.1 Å². The van der Waals surface area contributed by atoms with Crippen molar-refractivity contribution in [2.75, 3.05) is 6.54 Å². The quantitative estimate of drug-likeness (QED) is 0.928. The van der Waals surface area contributed by atoms with E-state index in [0.717, 1.165) is 18.4 Å². The fourth-order valence-electron chi connectivity index (χ4n) is 3.81. The van der Waals surface area contributed by atoms with Gasteiger partial charge in [-0.1, -0.05) is 49.6 Å². The van der Waals surface area contributed by atoms with Gasteiger partial charge in [0.1, 0.15) is 0 Å². The molecule has 124 valence electrons. The molecule has 0 radical (unpaired) electrons. The zero-order valence-corrected chi connectivity index (χ0v) is 13.8. The van der Waals surface area contributed by atoms with Crippen LogP contribution in [0.2, 0.25) is 0 Å². The van der Waals surface area contributed by atoms with Crippen molar-refractivity contribution in [2.24, 2.45) is 5.92 Å². The van der Waals surface area contributed by atoms with Crippen molar-refractivity contribution >= 4 is 11.8 Å². The van der Waals surface area contributed by atoms with Gasteiger partial charge in [0.25, 0.3) is 0 Å². The number of likely N-dealkylation sites (tertiary alicyclic amines) is 1. The summed E-state index contributed by atoms with van der Waals surface area (Å²) in [7, 11) is 0. The molecular formula is C19H26N2O2. The number of hydrogen-bond donors (Lipinski definition) is 1. The van der Waals surface area contributed by atoms with Crippen molar-refractivity contribution in [2.45, 2.75) is 57.5 Å². The molecule has 1 aromatic rings. The first kappa shape index (κ1) is 16.0. The van der Waals surface area contributed by atoms with E-state index in [2.05, 4.69) is 5.32 Å². The highest BCUT2D eigenvalue weighted by Crippen LogP contribution is 2.29. The second-order valence-corrected chi connectivity index (χ2v) is 6.88. The van der Waals surface area contributed by atoms with Crippen LogP contribution in [0, 0.1) is 5.92 Å². The first-order chi connectivity index (χ1) is 11.1. The number of amides is 2. The predicted molar refractivity (Wildman–Crippen MR) is 89.7 cm³/mol. The molecule has 0 aromatic heterocycles. The van der Waals surface area contributed by atoms with E-state index in [9.17, 15) is 9.59 Å². The van der Waals surface area contributed by atoms with Crippen molar-refractivity contribution in [3.05, 3.63) is 35.9 Å². The first-order valence-corrected chi connectivity index (χ1v) is 8.80. The molecule has 2 atom stereocenters. The van der Waals surface area contributed by atoms with Crippen molar-refractivity contribution in [3.63, 3.8) is 0 Å². The Bertz CT molecular complexity index is 552. The number of rotatable bonds is 4. The van der Waals surface area contributed by atoms with Gasteiger partial charge in [0, 0.05) is 19.0 Å². The van der Waals surface area contributed by atoms with Crippen LogP contribution in [0.5, 0.6) is 0 Å². The summed E-state index contributed by atoms with van der Waals surface area (Å²) >= 11 is 0. The molecule has 0 unspecified atom stereocenters. The lowest BCUT2D eigenvalue weighted by molar-refractivity contribution is -0.130. The molecule has 0 spiro atoms. The summed E-state index contributed by atoms with van der Waals surface area (Å²) in [6.07, 6.45) is 6.24. The Kier molecular flexibility index (Phi) is 4.99. The topological polar surface area (TPSA) is 49.4 Å². The maximum Gasteiger partial charge on any atom is 0.225 e. The molecule has 1 aromatic carbocycles. The van der Waals surface area contributed by atoms with Crippen LogP contribution in [0.4, 0.5) is 0 Å². The summed E-state index contributed by atoms with van der Waals surface area (Å²) < 4.78 is 0. The minimum atomic E-state index is -0.199. The van der Waals surface area contributed by atoms with Gasteiger partial charge in [0.15, 0.2) is 0 Å². The van der Waals surface area contributed by atoms with Crippen LogP contribution in [-0.2, 0) is 9.59 Å². The molecule has 3 rings (SSSR count). The van der Waals surface area contributed by atoms with Crippen LogP contribution in [0.3, 0.4) is 0 Å². The van der Waals surface area contributed by atoms with E-state index < -0.39 is 0 Å². The lowest BCUT2D eigenvalue weighted by Crippen LogP contribution is -2.39. The predicted octanol–water partition coefficient (Wildman–Crippen LogP) is 3.05. The number of carbonyl (C=O) groups is 2. The molecule has 1 saturated heterocycles. The van der Waals surface area contributed by atoms with Gasteiger partial charge in [0.2, 0.25) is 11.8 Å². The number of carbonyl (C=O) groups excluding carboxylic acids is 2. The SMILES string of the molecule is C[C@@H](NC(=O)[C@@H]1CC(=O)N(C2CCCCC2)C1)c1ccccc1. The van der Waals surface area contributed by atoms with E-state index in [0.29, 0.717) is 19.0 Å². The third kappa shape index (κ3) is 3.74. The van der Waals surface area contributed by atoms with Gasteiger partial charge in [-0.05, 0) is 25.3 Å². The van der Waals surface area contributed by atoms with Crippen LogP contribution in [0.25, 0.3) is 0 Å². The fourth-order valence-corrected chi connectivity index (χ4v) is 3.81. The van der Waals surface area contributed by atoms with E-state index >= 15 is 0 Å². The second-order valence-electron chi connectivity index (χ2n) is 6.88. The second kappa shape index (κ2) is 7.16. The average Bonchev–Trinajstić information content (AvgIpc) is 2.98. The summed E-state index contributed by atoms with van der Waals surface area (Å²) in [6, 6.07) is 10.3. The molecule has 2 aliphatic rings. The number of nitrogens with zero attached hydrogens (tertiary/aromatic N) is 1. The monoisotopic (exact) mass is 314 g/mol. The highest BCUT2D eigenvalue weighted by molar-refractivity contribution is 5.89. The molecule has 23 heavy (non-hydrogen) atoms. The van der Waals surface area contributed by atoms with E-state index in [1.807, 2.05) is 42.2 Å². The van der Waals surface area contributed by atoms with Crippen LogP contribution >= 0.6 is 0 Å². The van der Waals surface area contributed by atoms with Crippen molar-refractivity contribution in [3.8, 4) is 0 Å². The fraction of sp³-hybridized carbons (Fsp3) is 0.579. The van der Waals surface area contributed by atoms with E-state index in [4.69, 9.17) is 0 Å². The van der Waals surface area contributed by atoms with Gasteiger partial charge in [-0.3, -0.25) is 9.59 Å². The van der Waals surface area contributed by atoms with Gasteiger partial charge in [-0.25, -0.2) is 0 Å². The lowest BCUT2D eigenvalue weighted by Gasteiger charge is -2.31. The van der Waals surface area contributed by atoms with Crippen LogP contribution < -0.4 is 5.32 Å². The zero-order valence-electron chi connectivity index (χ0n) is 13.8. The molecule has 0 bridgehead atoms. The van der Waals surface area contributed by atoms with Crippen LogP contribution in [0.15, 0.2) is 30.3 Å². The molecule has 2 amide bonds. The normalized spacial score (nSPS) is 23.8. The summed E-state index contributed by atoms with van der Waals surface area (Å²) in [5, 5.41) is 3.06. The Morgan fingerprint density at radius 2 is 1.87 bits per heavy atom. The van der Waals surface area contributed by atoms with Crippen molar-refractivity contribution < 1.29 is 9.59 Å². The zero-order chi connectivity index (χ0) is 16.2. The van der Waals surface area contributed by atoms with Gasteiger partial charge in [-0.2, -0.15) is 0 Å². The van der Waals surface area contributed by atoms with Gasteiger partial charge < -0.3 is 10.2 Å². The van der Waals surface area contributed by atoms with Crippen molar-refractivity contribution in [1.29, 1.82) is 0 Å². The summed E-state index contributed by atoms with van der Waals surface area (Å²) in [6.45, 7) is 2.58. The molecule has 4 nitrogen and oxygen atoms in total. The van der Waals surface area contributed by atoms with Gasteiger partial charge >= 0.3 is 0 Å². The molecule has 4 heteroatoms. The van der Waals surface area contributed by atoms with E-state index in [-0.39, 0.29) is 23.8 Å². The number of hydrogen-bond acceptors (Lipinski definition) is 2. The van der Waals surface area contributed by atoms with E-state index in [1.165, 1.54) is 19.3 Å². The Morgan fingerprint density at radius 3 is 2.57 bits per heavy atom. The maximum absolute atomic E-state index is 12.5. The van der Waals surface area contributed by atoms with Gasteiger partial charge in [0.05, 0.1) is 12.0 Å². The third-order valence-corrected chi connectivity index (χ3v) is 5.20. The Balaban J connectivity index is 1.57. The van der Waals surface area contributed by atoms with E-state index in [1.54, 1.807) is 0 Å². The molecule has 2 fully saturated rings. The van der Waals surface area contributed by atoms with Gasteiger partial charge in [-0.15, -0.1) is 0 Å². The Hall–Kier alpha value is -1.84. The molecule has 1 aliphatic carbocycles. The molecule has 1 N–H and O–H groups in total. The number of nitrogens with one attached hydrogen (secondary N) is 1. The molecule has 1 heterocycles. The summed E-state index contributed by atoms with van der Waals surface area (Å²) in [4.78, 5) is 26.8. The lowest BCUT2D eigenvalue weighted by atomic mass is 9.94. The minimum absolute atomic E-state index is 0.00742. The molecule has 1 saturated carbocycles. The molecule has 1 aliphatic heterocycles. The minimum Gasteiger partial charge on any atom is -0.349 e. The Labute approximate surface area is 138 Å². The number of benzene rings is 1. The van der Waals surface area contributed by atoms with Crippen LogP contribution in [-0.4, -0.2) is 29.3 Å². The summed E-state index contributed by atoms with van der Waals surface area (Å²) in [5.41, 5.74) is 1.09. The Morgan fingerprint density at radius 1 is 1.17 bits per heavy atom. The average molecular weight is 314 g/mol. The first-order valence-electron chi connectivity index (χ1n) is 8.80.